The number of anilines is 2. The van der Waals surface area contributed by atoms with Crippen molar-refractivity contribution in [2.75, 3.05) is 36.4 Å². The van der Waals surface area contributed by atoms with Gasteiger partial charge in [0.15, 0.2) is 0 Å². The molecule has 1 saturated heterocycles. The van der Waals surface area contributed by atoms with Crippen molar-refractivity contribution >= 4 is 39.3 Å². The molecule has 1 aromatic heterocycles. The fraction of sp³-hybridized carbons (Fsp3) is 0.318. The van der Waals surface area contributed by atoms with Gasteiger partial charge in [-0.25, -0.2) is 4.98 Å². The van der Waals surface area contributed by atoms with Crippen LogP contribution in [0.4, 0.5) is 11.5 Å². The van der Waals surface area contributed by atoms with Gasteiger partial charge in [-0.05, 0) is 30.0 Å². The van der Waals surface area contributed by atoms with Gasteiger partial charge in [-0.3, -0.25) is 4.90 Å². The van der Waals surface area contributed by atoms with Gasteiger partial charge >= 0.3 is 0 Å². The summed E-state index contributed by atoms with van der Waals surface area (Å²) in [4.78, 5) is 9.62. The first-order chi connectivity index (χ1) is 12.8. The largest absolute Gasteiger partial charge is 0.369 e. The molecule has 2 aromatic carbocycles. The summed E-state index contributed by atoms with van der Waals surface area (Å²) in [6.07, 6.45) is 3.26. The third-order valence-electron chi connectivity index (χ3n) is 5.24. The van der Waals surface area contributed by atoms with Crippen molar-refractivity contribution in [1.29, 1.82) is 0 Å². The molecule has 0 radical (unpaired) electrons. The summed E-state index contributed by atoms with van der Waals surface area (Å²) in [6, 6.07) is 21.2. The number of aromatic nitrogens is 1. The summed E-state index contributed by atoms with van der Waals surface area (Å²) >= 11 is 0. The Labute approximate surface area is 172 Å². The van der Waals surface area contributed by atoms with Gasteiger partial charge in [-0.15, -0.1) is 17.0 Å². The van der Waals surface area contributed by atoms with Crippen LogP contribution in [0.3, 0.4) is 0 Å². The predicted molar refractivity (Wildman–Crippen MR) is 120 cm³/mol. The quantitative estimate of drug-likeness (QED) is 0.635. The van der Waals surface area contributed by atoms with E-state index in [9.17, 15) is 0 Å². The molecule has 27 heavy (non-hydrogen) atoms. The second kappa shape index (κ2) is 9.20. The van der Waals surface area contributed by atoms with Gasteiger partial charge in [0, 0.05) is 43.4 Å². The number of hydrogen-bond acceptors (Lipinski definition) is 4. The number of fused-ring (bicyclic) bond motifs is 1. The van der Waals surface area contributed by atoms with Crippen LogP contribution in [0.1, 0.15) is 13.3 Å². The lowest BCUT2D eigenvalue weighted by Gasteiger charge is -2.40. The van der Waals surface area contributed by atoms with Crippen LogP contribution in [0.5, 0.6) is 0 Å². The van der Waals surface area contributed by atoms with Crippen LogP contribution in [0.15, 0.2) is 66.9 Å². The lowest BCUT2D eigenvalue weighted by molar-refractivity contribution is 0.198. The van der Waals surface area contributed by atoms with Crippen molar-refractivity contribution in [2.24, 2.45) is 0 Å². The van der Waals surface area contributed by atoms with Gasteiger partial charge in [0.2, 0.25) is 0 Å². The van der Waals surface area contributed by atoms with Crippen molar-refractivity contribution in [3.05, 3.63) is 66.9 Å². The number of nitrogens with zero attached hydrogens (tertiary/aromatic N) is 3. The molecular formula is C22H27BrN4. The Kier molecular flexibility index (Phi) is 6.69. The van der Waals surface area contributed by atoms with Crippen molar-refractivity contribution in [2.45, 2.75) is 19.5 Å². The highest BCUT2D eigenvalue weighted by Gasteiger charge is 2.23. The van der Waals surface area contributed by atoms with Crippen LogP contribution in [0.2, 0.25) is 0 Å². The molecule has 4 rings (SSSR count). The first-order valence-corrected chi connectivity index (χ1v) is 9.49. The molecule has 0 bridgehead atoms. The molecule has 0 aliphatic carbocycles. The number of hydrogen-bond donors (Lipinski definition) is 1. The van der Waals surface area contributed by atoms with Crippen molar-refractivity contribution in [3.63, 3.8) is 0 Å². The van der Waals surface area contributed by atoms with Crippen LogP contribution in [0, 0.1) is 0 Å². The second-order valence-corrected chi connectivity index (χ2v) is 6.81. The molecular weight excluding hydrogens is 400 g/mol. The summed E-state index contributed by atoms with van der Waals surface area (Å²) in [7, 11) is 0. The van der Waals surface area contributed by atoms with E-state index in [-0.39, 0.29) is 17.0 Å². The standard InChI is InChI=1S/C22H26N4.BrH/c1-2-21(24-22-20-11-7-6-8-18(20)12-13-23-22)26-16-14-25(15-17-26)19-9-4-3-5-10-19;/h3-13,21H,2,14-17H2,1H3,(H,23,24);1H. The summed E-state index contributed by atoms with van der Waals surface area (Å²) in [5, 5.41) is 6.11. The Morgan fingerprint density at radius 1 is 0.926 bits per heavy atom. The van der Waals surface area contributed by atoms with E-state index >= 15 is 0 Å². The summed E-state index contributed by atoms with van der Waals surface area (Å²) in [6.45, 7) is 6.49. The maximum Gasteiger partial charge on any atom is 0.135 e. The third kappa shape index (κ3) is 4.42. The second-order valence-electron chi connectivity index (χ2n) is 6.81. The molecule has 0 saturated carbocycles. The molecule has 1 N–H and O–H groups in total. The van der Waals surface area contributed by atoms with E-state index in [1.807, 2.05) is 6.20 Å². The molecule has 1 atom stereocenters. The Bertz CT molecular complexity index is 842. The van der Waals surface area contributed by atoms with E-state index in [1.54, 1.807) is 0 Å². The number of benzene rings is 2. The smallest absolute Gasteiger partial charge is 0.135 e. The van der Waals surface area contributed by atoms with Crippen LogP contribution in [-0.2, 0) is 0 Å². The zero-order valence-electron chi connectivity index (χ0n) is 15.7. The first-order valence-electron chi connectivity index (χ1n) is 9.49. The predicted octanol–water partition coefficient (Wildman–Crippen LogP) is 4.78. The van der Waals surface area contributed by atoms with Gasteiger partial charge in [-0.2, -0.15) is 0 Å². The van der Waals surface area contributed by atoms with Crippen LogP contribution < -0.4 is 10.2 Å². The highest BCUT2D eigenvalue weighted by atomic mass is 79.9. The molecule has 3 aromatic rings. The normalized spacial score (nSPS) is 16.0. The third-order valence-corrected chi connectivity index (χ3v) is 5.24. The Balaban J connectivity index is 0.00000210. The molecule has 4 nitrogen and oxygen atoms in total. The van der Waals surface area contributed by atoms with E-state index < -0.39 is 0 Å². The fourth-order valence-corrected chi connectivity index (χ4v) is 3.77. The van der Waals surface area contributed by atoms with Crippen LogP contribution in [0.25, 0.3) is 10.8 Å². The van der Waals surface area contributed by atoms with E-state index in [0.29, 0.717) is 6.17 Å². The average molecular weight is 427 g/mol. The van der Waals surface area contributed by atoms with Gasteiger partial charge < -0.3 is 10.2 Å². The Morgan fingerprint density at radius 2 is 1.63 bits per heavy atom. The van der Waals surface area contributed by atoms with E-state index in [2.05, 4.69) is 87.7 Å². The maximum atomic E-state index is 4.60. The molecule has 2 heterocycles. The zero-order valence-corrected chi connectivity index (χ0v) is 17.4. The molecule has 1 aliphatic rings. The SMILES string of the molecule is Br.CCC(Nc1nccc2ccccc12)N1CCN(c2ccccc2)CC1. The molecule has 5 heteroatoms. The van der Waals surface area contributed by atoms with Crippen molar-refractivity contribution in [3.8, 4) is 0 Å². The molecule has 142 valence electrons. The molecule has 1 aliphatic heterocycles. The molecule has 0 amide bonds. The van der Waals surface area contributed by atoms with Gasteiger partial charge in [0.1, 0.15) is 5.82 Å². The number of nitrogens with one attached hydrogen (secondary N) is 1. The topological polar surface area (TPSA) is 31.4 Å². The molecule has 0 spiro atoms. The first kappa shape index (κ1) is 19.6. The highest BCUT2D eigenvalue weighted by molar-refractivity contribution is 8.93. The monoisotopic (exact) mass is 426 g/mol. The minimum Gasteiger partial charge on any atom is -0.369 e. The molecule has 1 unspecified atom stereocenters. The lowest BCUT2D eigenvalue weighted by atomic mass is 10.1. The fourth-order valence-electron chi connectivity index (χ4n) is 3.77. The summed E-state index contributed by atoms with van der Waals surface area (Å²) in [5.41, 5.74) is 1.32. The number of piperazine rings is 1. The van der Waals surface area contributed by atoms with E-state index in [0.717, 1.165) is 38.4 Å². The number of para-hydroxylation sites is 1. The lowest BCUT2D eigenvalue weighted by Crippen LogP contribution is -2.52. The van der Waals surface area contributed by atoms with E-state index in [1.165, 1.54) is 16.5 Å². The Morgan fingerprint density at radius 3 is 2.37 bits per heavy atom. The van der Waals surface area contributed by atoms with Crippen LogP contribution >= 0.6 is 17.0 Å². The van der Waals surface area contributed by atoms with Crippen molar-refractivity contribution in [1.82, 2.24) is 9.88 Å². The summed E-state index contributed by atoms with van der Waals surface area (Å²) in [5.74, 6) is 0.987. The average Bonchev–Trinajstić information content (AvgIpc) is 2.73. The minimum atomic E-state index is 0. The van der Waals surface area contributed by atoms with Gasteiger partial charge in [-0.1, -0.05) is 49.4 Å². The molecule has 1 fully saturated rings. The minimum absolute atomic E-state index is 0. The van der Waals surface area contributed by atoms with Crippen LogP contribution in [-0.4, -0.2) is 42.2 Å². The number of halogens is 1. The maximum absolute atomic E-state index is 4.60. The summed E-state index contributed by atoms with van der Waals surface area (Å²) < 4.78 is 0. The van der Waals surface area contributed by atoms with E-state index in [4.69, 9.17) is 0 Å². The van der Waals surface area contributed by atoms with Crippen molar-refractivity contribution < 1.29 is 0 Å². The zero-order chi connectivity index (χ0) is 17.8. The van der Waals surface area contributed by atoms with Gasteiger partial charge in [0.25, 0.3) is 0 Å². The number of rotatable bonds is 5. The number of pyridine rings is 1. The van der Waals surface area contributed by atoms with Gasteiger partial charge in [0.05, 0.1) is 6.17 Å². The Hall–Kier alpha value is -2.11. The highest BCUT2D eigenvalue weighted by Crippen LogP contribution is 2.23.